The Hall–Kier alpha value is -3.24. The van der Waals surface area contributed by atoms with E-state index in [0.29, 0.717) is 6.42 Å². The molecular weight excluding hydrogens is 573 g/mol. The van der Waals surface area contributed by atoms with Crippen LogP contribution in [-0.2, 0) is 26.2 Å². The highest BCUT2D eigenvalue weighted by Crippen LogP contribution is 2.25. The molecule has 3 aromatic carbocycles. The molecule has 2 amide bonds. The first-order valence-corrected chi connectivity index (χ1v) is 14.4. The van der Waals surface area contributed by atoms with E-state index in [9.17, 15) is 22.4 Å². The van der Waals surface area contributed by atoms with Gasteiger partial charge in [-0.25, -0.2) is 12.8 Å². The minimum Gasteiger partial charge on any atom is -0.352 e. The minimum absolute atomic E-state index is 0.0155. The number of rotatable bonds is 11. The van der Waals surface area contributed by atoms with Crippen LogP contribution in [0.5, 0.6) is 0 Å². The van der Waals surface area contributed by atoms with Gasteiger partial charge in [0.25, 0.3) is 10.0 Å². The number of sulfonamides is 1. The molecule has 2 atom stereocenters. The number of hydrogen-bond acceptors (Lipinski definition) is 4. The van der Waals surface area contributed by atoms with Gasteiger partial charge in [-0.1, -0.05) is 53.2 Å². The summed E-state index contributed by atoms with van der Waals surface area (Å²) in [4.78, 5) is 28.2. The van der Waals surface area contributed by atoms with Gasteiger partial charge in [0.2, 0.25) is 11.8 Å². The van der Waals surface area contributed by atoms with Crippen molar-refractivity contribution in [2.45, 2.75) is 50.7 Å². The molecule has 1 N–H and O–H groups in total. The lowest BCUT2D eigenvalue weighted by Crippen LogP contribution is -2.52. The van der Waals surface area contributed by atoms with Crippen molar-refractivity contribution in [1.29, 1.82) is 0 Å². The largest absolute Gasteiger partial charge is 0.352 e. The second-order valence-corrected chi connectivity index (χ2v) is 11.7. The fourth-order valence-electron chi connectivity index (χ4n) is 3.74. The van der Waals surface area contributed by atoms with Crippen LogP contribution in [0.3, 0.4) is 0 Å². The summed E-state index contributed by atoms with van der Waals surface area (Å²) in [5.74, 6) is -1.47. The monoisotopic (exact) mass is 603 g/mol. The topological polar surface area (TPSA) is 86.8 Å². The maximum atomic E-state index is 13.8. The summed E-state index contributed by atoms with van der Waals surface area (Å²) in [7, 11) is -4.19. The van der Waals surface area contributed by atoms with Crippen LogP contribution in [0.25, 0.3) is 0 Å². The Labute approximate surface area is 231 Å². The first kappa shape index (κ1) is 29.3. The Kier molecular flexibility index (Phi) is 10.0. The van der Waals surface area contributed by atoms with Gasteiger partial charge in [-0.2, -0.15) is 0 Å². The molecule has 0 saturated carbocycles. The third kappa shape index (κ3) is 7.41. The predicted octanol–water partition coefficient (Wildman–Crippen LogP) is 5.12. The molecule has 0 aliphatic heterocycles. The first-order chi connectivity index (χ1) is 18.0. The van der Waals surface area contributed by atoms with Gasteiger partial charge in [-0.3, -0.25) is 13.9 Å². The fraction of sp³-hybridized carbons (Fsp3) is 0.286. The zero-order valence-corrected chi connectivity index (χ0v) is 23.9. The normalized spacial score (nSPS) is 12.9. The average molecular weight is 605 g/mol. The van der Waals surface area contributed by atoms with Crippen molar-refractivity contribution in [2.24, 2.45) is 0 Å². The lowest BCUT2D eigenvalue weighted by Gasteiger charge is -2.32. The molecule has 0 saturated heterocycles. The van der Waals surface area contributed by atoms with Crippen molar-refractivity contribution in [3.8, 4) is 0 Å². The highest BCUT2D eigenvalue weighted by atomic mass is 79.9. The van der Waals surface area contributed by atoms with Crippen LogP contribution >= 0.6 is 15.9 Å². The average Bonchev–Trinajstić information content (AvgIpc) is 2.90. The molecule has 202 valence electrons. The number of halogens is 2. The van der Waals surface area contributed by atoms with Gasteiger partial charge in [0.05, 0.1) is 10.6 Å². The van der Waals surface area contributed by atoms with Crippen molar-refractivity contribution in [1.82, 2.24) is 10.2 Å². The Morgan fingerprint density at radius 2 is 1.63 bits per heavy atom. The quantitative estimate of drug-likeness (QED) is 0.330. The molecule has 0 aliphatic carbocycles. The molecule has 3 rings (SSSR count). The minimum atomic E-state index is -4.19. The van der Waals surface area contributed by atoms with Crippen molar-refractivity contribution < 1.29 is 22.4 Å². The zero-order chi connectivity index (χ0) is 27.9. The van der Waals surface area contributed by atoms with Gasteiger partial charge in [0, 0.05) is 17.1 Å². The van der Waals surface area contributed by atoms with Crippen molar-refractivity contribution in [2.75, 3.05) is 10.8 Å². The highest BCUT2D eigenvalue weighted by Gasteiger charge is 2.32. The summed E-state index contributed by atoms with van der Waals surface area (Å²) in [6.45, 7) is 4.91. The van der Waals surface area contributed by atoms with Crippen LogP contribution in [0, 0.1) is 5.82 Å². The summed E-state index contributed by atoms with van der Waals surface area (Å²) in [6, 6.07) is 18.9. The molecule has 0 unspecified atom stereocenters. The third-order valence-electron chi connectivity index (χ3n) is 6.13. The summed E-state index contributed by atoms with van der Waals surface area (Å²) in [5.41, 5.74) is 0.887. The van der Waals surface area contributed by atoms with E-state index >= 15 is 0 Å². The lowest BCUT2D eigenvalue weighted by molar-refractivity contribution is -0.139. The van der Waals surface area contributed by atoms with Crippen LogP contribution in [0.1, 0.15) is 32.8 Å². The smallest absolute Gasteiger partial charge is 0.264 e. The van der Waals surface area contributed by atoms with Crippen LogP contribution in [0.2, 0.25) is 0 Å². The Balaban J connectivity index is 2.01. The van der Waals surface area contributed by atoms with Crippen LogP contribution < -0.4 is 9.62 Å². The van der Waals surface area contributed by atoms with Gasteiger partial charge in [-0.15, -0.1) is 0 Å². The number of benzene rings is 3. The SMILES string of the molecule is CC[C@H](C)NC(=O)[C@H](C)N(Cc1cccc(Br)c1)C(=O)CN(c1ccc(F)cc1)S(=O)(=O)c1ccccc1. The number of anilines is 1. The molecule has 0 bridgehead atoms. The standard InChI is InChI=1S/C28H31BrFN3O4S/c1-4-20(2)31-28(35)21(3)32(18-22-9-8-10-23(29)17-22)27(34)19-33(25-15-13-24(30)14-16-25)38(36,37)26-11-6-5-7-12-26/h5-17,20-21H,4,18-19H2,1-3H3,(H,31,35)/t20-,21-/m0/s1. The van der Waals surface area contributed by atoms with Crippen molar-refractivity contribution in [3.05, 3.63) is 94.7 Å². The van der Waals surface area contributed by atoms with E-state index in [4.69, 9.17) is 0 Å². The number of nitrogens with zero attached hydrogens (tertiary/aromatic N) is 2. The summed E-state index contributed by atoms with van der Waals surface area (Å²) < 4.78 is 42.7. The third-order valence-corrected chi connectivity index (χ3v) is 8.42. The first-order valence-electron chi connectivity index (χ1n) is 12.2. The molecule has 38 heavy (non-hydrogen) atoms. The molecule has 0 fully saturated rings. The second-order valence-electron chi connectivity index (χ2n) is 8.95. The number of hydrogen-bond donors (Lipinski definition) is 1. The molecule has 7 nitrogen and oxygen atoms in total. The van der Waals surface area contributed by atoms with Crippen molar-refractivity contribution >= 4 is 43.5 Å². The number of carbonyl (C=O) groups is 2. The summed E-state index contributed by atoms with van der Waals surface area (Å²) in [6.07, 6.45) is 0.714. The predicted molar refractivity (Wildman–Crippen MR) is 149 cm³/mol. The van der Waals surface area contributed by atoms with E-state index in [2.05, 4.69) is 21.2 Å². The van der Waals surface area contributed by atoms with Crippen molar-refractivity contribution in [3.63, 3.8) is 0 Å². The second kappa shape index (κ2) is 13.0. The lowest BCUT2D eigenvalue weighted by atomic mass is 10.1. The highest BCUT2D eigenvalue weighted by molar-refractivity contribution is 9.10. The van der Waals surface area contributed by atoms with E-state index in [1.54, 1.807) is 25.1 Å². The Morgan fingerprint density at radius 3 is 2.24 bits per heavy atom. The molecule has 0 spiro atoms. The van der Waals surface area contributed by atoms with Crippen LogP contribution in [-0.4, -0.2) is 43.8 Å². The van der Waals surface area contributed by atoms with Gasteiger partial charge in [0.15, 0.2) is 0 Å². The summed E-state index contributed by atoms with van der Waals surface area (Å²) >= 11 is 3.42. The maximum absolute atomic E-state index is 13.8. The molecule has 0 radical (unpaired) electrons. The summed E-state index contributed by atoms with van der Waals surface area (Å²) in [5, 5.41) is 2.89. The van der Waals surface area contributed by atoms with Gasteiger partial charge < -0.3 is 10.2 Å². The zero-order valence-electron chi connectivity index (χ0n) is 21.5. The van der Waals surface area contributed by atoms with Gasteiger partial charge in [-0.05, 0) is 74.4 Å². The van der Waals surface area contributed by atoms with Crippen LogP contribution in [0.15, 0.2) is 88.2 Å². The van der Waals surface area contributed by atoms with E-state index in [-0.39, 0.29) is 29.1 Å². The molecular formula is C28H31BrFN3O4S. The maximum Gasteiger partial charge on any atom is 0.264 e. The Bertz CT molecular complexity index is 1350. The van der Waals surface area contributed by atoms with Crippen LogP contribution in [0.4, 0.5) is 10.1 Å². The van der Waals surface area contributed by atoms with E-state index in [0.717, 1.165) is 26.5 Å². The molecule has 0 aromatic heterocycles. The molecule has 10 heteroatoms. The molecule has 0 aliphatic rings. The number of amides is 2. The molecule has 0 heterocycles. The number of nitrogens with one attached hydrogen (secondary N) is 1. The van der Waals surface area contributed by atoms with E-state index in [1.807, 2.05) is 38.1 Å². The fourth-order valence-corrected chi connectivity index (χ4v) is 5.62. The van der Waals surface area contributed by atoms with Gasteiger partial charge in [0.1, 0.15) is 18.4 Å². The number of carbonyl (C=O) groups excluding carboxylic acids is 2. The molecule has 3 aromatic rings. The Morgan fingerprint density at radius 1 is 0.974 bits per heavy atom. The van der Waals surface area contributed by atoms with Gasteiger partial charge >= 0.3 is 0 Å². The van der Waals surface area contributed by atoms with E-state index in [1.165, 1.54) is 29.2 Å². The van der Waals surface area contributed by atoms with E-state index < -0.39 is 34.3 Å².